The lowest BCUT2D eigenvalue weighted by Crippen LogP contribution is -2.46. The summed E-state index contributed by atoms with van der Waals surface area (Å²) < 4.78 is 23.5. The molecule has 0 fully saturated rings. The number of carbonyl (C=O) groups excluding carboxylic acids is 1. The van der Waals surface area contributed by atoms with Gasteiger partial charge in [-0.25, -0.2) is 4.57 Å². The molecule has 0 aromatic heterocycles. The van der Waals surface area contributed by atoms with Crippen molar-refractivity contribution in [3.63, 3.8) is 0 Å². The lowest BCUT2D eigenvalue weighted by molar-refractivity contribution is -0.870. The first-order chi connectivity index (χ1) is 23.0. The first kappa shape index (κ1) is 47.5. The maximum atomic E-state index is 12.8. The third-order valence-electron chi connectivity index (χ3n) is 9.36. The minimum absolute atomic E-state index is 0.0782. The lowest BCUT2D eigenvalue weighted by atomic mass is 10.0. The number of nitrogens with zero attached hydrogens (tertiary/aromatic N) is 1. The molecule has 0 radical (unpaired) electrons. The van der Waals surface area contributed by atoms with E-state index in [1.165, 1.54) is 128 Å². The van der Waals surface area contributed by atoms with Crippen molar-refractivity contribution >= 4 is 13.7 Å². The molecule has 0 aromatic rings. The first-order valence-corrected chi connectivity index (χ1v) is 21.9. The Morgan fingerprint density at radius 2 is 1.00 bits per heavy atom. The van der Waals surface area contributed by atoms with E-state index in [9.17, 15) is 19.4 Å². The molecule has 9 heteroatoms. The van der Waals surface area contributed by atoms with E-state index in [4.69, 9.17) is 9.05 Å². The van der Waals surface area contributed by atoms with Crippen LogP contribution in [-0.4, -0.2) is 73.4 Å². The van der Waals surface area contributed by atoms with Crippen LogP contribution in [0.15, 0.2) is 0 Å². The zero-order valence-electron chi connectivity index (χ0n) is 32.5. The minimum Gasteiger partial charge on any atom is -0.391 e. The van der Waals surface area contributed by atoms with Gasteiger partial charge in [0.25, 0.3) is 0 Å². The molecule has 3 N–H and O–H groups in total. The van der Waals surface area contributed by atoms with E-state index < -0.39 is 20.0 Å². The number of nitrogens with one attached hydrogen (secondary N) is 1. The van der Waals surface area contributed by atoms with Crippen molar-refractivity contribution in [1.29, 1.82) is 0 Å². The number of unbranched alkanes of at least 4 members (excludes halogenated alkanes) is 24. The molecule has 0 aliphatic carbocycles. The number of phosphoric acid groups is 1. The summed E-state index contributed by atoms with van der Waals surface area (Å²) in [5.41, 5.74) is 0. The maximum Gasteiger partial charge on any atom is 0.472 e. The number of hydrogen-bond acceptors (Lipinski definition) is 5. The van der Waals surface area contributed by atoms with Gasteiger partial charge in [0, 0.05) is 6.42 Å². The SMILES string of the molecule is CCCCCCCCCCCCCCCCC(O)C(COP(=O)(O)OCC[N+](C)(C)C)NC(=O)CCCCCCCCCCCCCC. The second-order valence-electron chi connectivity index (χ2n) is 15.4. The van der Waals surface area contributed by atoms with E-state index in [-0.39, 0.29) is 19.1 Å². The zero-order chi connectivity index (χ0) is 35.8. The number of likely N-dealkylation sites (N-methyl/N-ethyl adjacent to an activating group) is 1. The molecule has 0 saturated heterocycles. The second-order valence-corrected chi connectivity index (χ2v) is 16.8. The van der Waals surface area contributed by atoms with Crippen molar-refractivity contribution in [3.05, 3.63) is 0 Å². The Balaban J connectivity index is 4.41. The van der Waals surface area contributed by atoms with Crippen LogP contribution in [0.2, 0.25) is 0 Å². The standard InChI is InChI=1S/C39H81N2O6P/c1-6-8-10-12-14-16-18-20-21-22-24-26-28-30-32-38(42)37(36-47-48(44,45)46-35-34-41(3,4)5)40-39(43)33-31-29-27-25-23-19-17-15-13-11-9-7-2/h37-38,42H,6-36H2,1-5H3,(H-,40,43,44,45)/p+1. The zero-order valence-corrected chi connectivity index (χ0v) is 33.4. The number of hydrogen-bond donors (Lipinski definition) is 3. The normalized spacial score (nSPS) is 14.6. The van der Waals surface area contributed by atoms with Gasteiger partial charge in [-0.3, -0.25) is 13.8 Å². The molecule has 8 nitrogen and oxygen atoms in total. The second kappa shape index (κ2) is 32.4. The average Bonchev–Trinajstić information content (AvgIpc) is 3.02. The van der Waals surface area contributed by atoms with Gasteiger partial charge in [0.05, 0.1) is 39.9 Å². The molecule has 1 amide bonds. The fourth-order valence-electron chi connectivity index (χ4n) is 6.05. The van der Waals surface area contributed by atoms with Gasteiger partial charge >= 0.3 is 7.82 Å². The number of quaternary nitrogens is 1. The number of aliphatic hydroxyl groups is 1. The quantitative estimate of drug-likeness (QED) is 0.0338. The predicted octanol–water partition coefficient (Wildman–Crippen LogP) is 10.6. The summed E-state index contributed by atoms with van der Waals surface area (Å²) in [5, 5.41) is 13.9. The van der Waals surface area contributed by atoms with Crippen molar-refractivity contribution in [3.8, 4) is 0 Å². The summed E-state index contributed by atoms with van der Waals surface area (Å²) in [6.45, 7) is 4.88. The molecule has 0 aliphatic heterocycles. The van der Waals surface area contributed by atoms with Gasteiger partial charge in [0.1, 0.15) is 13.2 Å². The van der Waals surface area contributed by atoms with Crippen LogP contribution in [-0.2, 0) is 18.4 Å². The highest BCUT2D eigenvalue weighted by molar-refractivity contribution is 7.47. The van der Waals surface area contributed by atoms with Crippen LogP contribution >= 0.6 is 7.82 Å². The van der Waals surface area contributed by atoms with E-state index in [1.807, 2.05) is 21.1 Å². The van der Waals surface area contributed by atoms with Gasteiger partial charge in [-0.05, 0) is 12.8 Å². The topological polar surface area (TPSA) is 105 Å². The molecule has 0 heterocycles. The Labute approximate surface area is 298 Å². The number of phosphoric ester groups is 1. The fourth-order valence-corrected chi connectivity index (χ4v) is 6.78. The molecule has 3 atom stereocenters. The summed E-state index contributed by atoms with van der Waals surface area (Å²) in [6.07, 6.45) is 32.6. The first-order valence-electron chi connectivity index (χ1n) is 20.4. The third-order valence-corrected chi connectivity index (χ3v) is 10.3. The van der Waals surface area contributed by atoms with Crippen molar-refractivity contribution in [2.45, 2.75) is 206 Å². The Bertz CT molecular complexity index is 763. The Kier molecular flexibility index (Phi) is 32.1. The third kappa shape index (κ3) is 34.0. The van der Waals surface area contributed by atoms with E-state index >= 15 is 0 Å². The monoisotopic (exact) mass is 706 g/mol. The number of aliphatic hydroxyl groups excluding tert-OH is 1. The molecule has 0 spiro atoms. The van der Waals surface area contributed by atoms with Crippen LogP contribution < -0.4 is 5.32 Å². The van der Waals surface area contributed by atoms with Gasteiger partial charge in [0.15, 0.2) is 0 Å². The van der Waals surface area contributed by atoms with Crippen molar-refractivity contribution in [2.24, 2.45) is 0 Å². The smallest absolute Gasteiger partial charge is 0.391 e. The summed E-state index contributed by atoms with van der Waals surface area (Å²) in [7, 11) is 1.62. The van der Waals surface area contributed by atoms with Crippen LogP contribution in [0.25, 0.3) is 0 Å². The summed E-state index contributed by atoms with van der Waals surface area (Å²) in [5.74, 6) is -0.144. The lowest BCUT2D eigenvalue weighted by Gasteiger charge is -2.26. The Morgan fingerprint density at radius 1 is 0.625 bits per heavy atom. The summed E-state index contributed by atoms with van der Waals surface area (Å²) >= 11 is 0. The largest absolute Gasteiger partial charge is 0.472 e. The summed E-state index contributed by atoms with van der Waals surface area (Å²) in [6, 6.07) is -0.751. The van der Waals surface area contributed by atoms with Gasteiger partial charge in [0.2, 0.25) is 5.91 Å². The predicted molar refractivity (Wildman–Crippen MR) is 203 cm³/mol. The number of rotatable bonds is 37. The molecular weight excluding hydrogens is 623 g/mol. The molecule has 288 valence electrons. The van der Waals surface area contributed by atoms with Gasteiger partial charge < -0.3 is 19.8 Å². The van der Waals surface area contributed by atoms with Crippen molar-refractivity contribution < 1.29 is 32.9 Å². The van der Waals surface area contributed by atoms with Crippen LogP contribution in [0, 0.1) is 0 Å². The van der Waals surface area contributed by atoms with E-state index in [2.05, 4.69) is 19.2 Å². The van der Waals surface area contributed by atoms with Crippen LogP contribution in [0.3, 0.4) is 0 Å². The molecule has 0 saturated carbocycles. The highest BCUT2D eigenvalue weighted by Gasteiger charge is 2.28. The molecule has 0 aromatic carbocycles. The van der Waals surface area contributed by atoms with Crippen molar-refractivity contribution in [1.82, 2.24) is 5.32 Å². The highest BCUT2D eigenvalue weighted by Crippen LogP contribution is 2.43. The molecule has 0 aliphatic rings. The molecule has 0 rings (SSSR count). The van der Waals surface area contributed by atoms with E-state index in [0.29, 0.717) is 23.9 Å². The minimum atomic E-state index is -4.30. The Morgan fingerprint density at radius 3 is 1.40 bits per heavy atom. The fraction of sp³-hybridized carbons (Fsp3) is 0.974. The van der Waals surface area contributed by atoms with Crippen molar-refractivity contribution in [2.75, 3.05) is 40.9 Å². The summed E-state index contributed by atoms with van der Waals surface area (Å²) in [4.78, 5) is 23.0. The highest BCUT2D eigenvalue weighted by atomic mass is 31.2. The van der Waals surface area contributed by atoms with Crippen LogP contribution in [0.1, 0.15) is 194 Å². The Hall–Kier alpha value is -0.500. The molecule has 0 bridgehead atoms. The van der Waals surface area contributed by atoms with Crippen LogP contribution in [0.5, 0.6) is 0 Å². The number of carbonyl (C=O) groups is 1. The average molecular weight is 706 g/mol. The molecular formula is C39H82N2O6P+. The van der Waals surface area contributed by atoms with E-state index in [0.717, 1.165) is 38.5 Å². The van der Waals surface area contributed by atoms with Gasteiger partial charge in [-0.15, -0.1) is 0 Å². The molecule has 48 heavy (non-hydrogen) atoms. The van der Waals surface area contributed by atoms with E-state index in [1.54, 1.807) is 0 Å². The van der Waals surface area contributed by atoms with Crippen LogP contribution in [0.4, 0.5) is 0 Å². The van der Waals surface area contributed by atoms with Gasteiger partial charge in [-0.1, -0.05) is 174 Å². The number of amides is 1. The van der Waals surface area contributed by atoms with Gasteiger partial charge in [-0.2, -0.15) is 0 Å². The maximum absolute atomic E-state index is 12.8. The molecule has 3 unspecified atom stereocenters.